The second-order valence-electron chi connectivity index (χ2n) is 7.87. The van der Waals surface area contributed by atoms with Gasteiger partial charge in [-0.3, -0.25) is 0 Å². The molecular weight excluding hydrogens is 366 g/mol. The number of fused-ring (bicyclic) bond motifs is 1. The summed E-state index contributed by atoms with van der Waals surface area (Å²) >= 11 is 0. The third-order valence-electron chi connectivity index (χ3n) is 4.89. The maximum absolute atomic E-state index is 9.71. The number of aliphatic hydroxyl groups excluding tert-OH is 1. The SMILES string of the molecule is CCC(CO)Nc1nc(Nc2cccc(N)c2)c2nnc(C(C)C)c-2n1C(C)C. The first-order valence-electron chi connectivity index (χ1n) is 10.1. The fourth-order valence-corrected chi connectivity index (χ4v) is 3.33. The Bertz CT molecular complexity index is 931. The Morgan fingerprint density at radius 1 is 1.17 bits per heavy atom. The molecule has 1 atom stereocenters. The molecule has 0 saturated carbocycles. The molecule has 2 aliphatic heterocycles. The van der Waals surface area contributed by atoms with Crippen molar-refractivity contribution in [2.24, 2.45) is 0 Å². The predicted octanol–water partition coefficient (Wildman–Crippen LogP) is 3.99. The van der Waals surface area contributed by atoms with E-state index < -0.39 is 0 Å². The van der Waals surface area contributed by atoms with Gasteiger partial charge in [-0.15, -0.1) is 5.10 Å². The first-order chi connectivity index (χ1) is 13.8. The van der Waals surface area contributed by atoms with Gasteiger partial charge in [-0.1, -0.05) is 26.8 Å². The number of hydrogen-bond donors (Lipinski definition) is 4. The molecule has 1 aromatic carbocycles. The van der Waals surface area contributed by atoms with Crippen LogP contribution in [-0.4, -0.2) is 37.5 Å². The number of aromatic nitrogens is 4. The van der Waals surface area contributed by atoms with E-state index in [0.29, 0.717) is 23.1 Å². The third kappa shape index (κ3) is 4.27. The summed E-state index contributed by atoms with van der Waals surface area (Å²) in [6, 6.07) is 7.55. The first-order valence-corrected chi connectivity index (χ1v) is 10.1. The molecular formula is C21H31N7O. The number of nitrogen functional groups attached to an aromatic ring is 1. The van der Waals surface area contributed by atoms with Gasteiger partial charge in [-0.2, -0.15) is 10.1 Å². The smallest absolute Gasteiger partial charge is 0.205 e. The van der Waals surface area contributed by atoms with Gasteiger partial charge >= 0.3 is 0 Å². The van der Waals surface area contributed by atoms with Gasteiger partial charge in [0.05, 0.1) is 24.0 Å². The highest BCUT2D eigenvalue weighted by Crippen LogP contribution is 2.38. The number of nitrogens with two attached hydrogens (primary N) is 1. The van der Waals surface area contributed by atoms with Crippen molar-refractivity contribution in [3.63, 3.8) is 0 Å². The number of nitrogens with zero attached hydrogens (tertiary/aromatic N) is 4. The molecule has 1 unspecified atom stereocenters. The molecule has 0 bridgehead atoms. The van der Waals surface area contributed by atoms with E-state index in [0.717, 1.165) is 23.5 Å². The van der Waals surface area contributed by atoms with Crippen LogP contribution in [0.15, 0.2) is 24.3 Å². The van der Waals surface area contributed by atoms with E-state index in [2.05, 4.69) is 53.1 Å². The summed E-state index contributed by atoms with van der Waals surface area (Å²) < 4.78 is 2.12. The van der Waals surface area contributed by atoms with Crippen molar-refractivity contribution in [2.75, 3.05) is 23.0 Å². The van der Waals surface area contributed by atoms with Crippen molar-refractivity contribution in [3.8, 4) is 11.4 Å². The van der Waals surface area contributed by atoms with Gasteiger partial charge < -0.3 is 26.0 Å². The zero-order valence-electron chi connectivity index (χ0n) is 17.8. The normalized spacial score (nSPS) is 12.7. The van der Waals surface area contributed by atoms with Gasteiger partial charge in [0, 0.05) is 17.4 Å². The van der Waals surface area contributed by atoms with Crippen molar-refractivity contribution >= 4 is 23.1 Å². The summed E-state index contributed by atoms with van der Waals surface area (Å²) in [5.74, 6) is 1.49. The topological polar surface area (TPSA) is 114 Å². The van der Waals surface area contributed by atoms with E-state index in [9.17, 15) is 5.11 Å². The second-order valence-corrected chi connectivity index (χ2v) is 7.87. The average molecular weight is 398 g/mol. The molecule has 8 heteroatoms. The molecule has 156 valence electrons. The largest absolute Gasteiger partial charge is 0.399 e. The van der Waals surface area contributed by atoms with Crippen LogP contribution in [0.25, 0.3) is 11.4 Å². The predicted molar refractivity (Wildman–Crippen MR) is 118 cm³/mol. The van der Waals surface area contributed by atoms with Gasteiger partial charge in [0.25, 0.3) is 0 Å². The van der Waals surface area contributed by atoms with E-state index in [-0.39, 0.29) is 24.6 Å². The maximum atomic E-state index is 9.71. The van der Waals surface area contributed by atoms with Crippen LogP contribution in [0, 0.1) is 0 Å². The molecule has 2 heterocycles. The summed E-state index contributed by atoms with van der Waals surface area (Å²) in [7, 11) is 0. The zero-order chi connectivity index (χ0) is 21.1. The number of hydrogen-bond acceptors (Lipinski definition) is 7. The molecule has 8 nitrogen and oxygen atoms in total. The van der Waals surface area contributed by atoms with E-state index in [1.807, 2.05) is 31.2 Å². The molecule has 1 aromatic rings. The van der Waals surface area contributed by atoms with Crippen LogP contribution >= 0.6 is 0 Å². The molecule has 0 spiro atoms. The highest BCUT2D eigenvalue weighted by Gasteiger charge is 2.28. The minimum atomic E-state index is -0.0939. The van der Waals surface area contributed by atoms with Crippen molar-refractivity contribution in [1.82, 2.24) is 19.7 Å². The van der Waals surface area contributed by atoms with E-state index in [4.69, 9.17) is 10.7 Å². The minimum absolute atomic E-state index is 0.0286. The lowest BCUT2D eigenvalue weighted by molar-refractivity contribution is 0.271. The summed E-state index contributed by atoms with van der Waals surface area (Å²) in [5, 5.41) is 25.4. The van der Waals surface area contributed by atoms with Gasteiger partial charge in [-0.05, 0) is 44.4 Å². The van der Waals surface area contributed by atoms with Crippen molar-refractivity contribution in [1.29, 1.82) is 0 Å². The lowest BCUT2D eigenvalue weighted by atomic mass is 10.1. The summed E-state index contributed by atoms with van der Waals surface area (Å²) in [4.78, 5) is 4.84. The minimum Gasteiger partial charge on any atom is -0.399 e. The van der Waals surface area contributed by atoms with Gasteiger partial charge in [0.1, 0.15) is 0 Å². The zero-order valence-corrected chi connectivity index (χ0v) is 17.8. The van der Waals surface area contributed by atoms with Crippen LogP contribution < -0.4 is 16.4 Å². The Hall–Kier alpha value is -2.87. The molecule has 29 heavy (non-hydrogen) atoms. The molecule has 5 N–H and O–H groups in total. The molecule has 0 saturated heterocycles. The highest BCUT2D eigenvalue weighted by atomic mass is 16.3. The van der Waals surface area contributed by atoms with Gasteiger partial charge in [-0.25, -0.2) is 0 Å². The lowest BCUT2D eigenvalue weighted by Crippen LogP contribution is -2.27. The Morgan fingerprint density at radius 2 is 1.93 bits per heavy atom. The van der Waals surface area contributed by atoms with Crippen LogP contribution in [0.1, 0.15) is 58.7 Å². The summed E-state index contributed by atoms with van der Waals surface area (Å²) in [6.07, 6.45) is 0.779. The molecule has 0 amide bonds. The molecule has 0 fully saturated rings. The van der Waals surface area contributed by atoms with Crippen LogP contribution in [0.5, 0.6) is 0 Å². The number of benzene rings is 1. The van der Waals surface area contributed by atoms with E-state index in [1.54, 1.807) is 0 Å². The summed E-state index contributed by atoms with van der Waals surface area (Å²) in [5.41, 5.74) is 10.0. The lowest BCUT2D eigenvalue weighted by Gasteiger charge is -2.26. The molecule has 0 aliphatic carbocycles. The Labute approximate surface area is 171 Å². The van der Waals surface area contributed by atoms with Crippen LogP contribution in [0.3, 0.4) is 0 Å². The fraction of sp³-hybridized carbons (Fsp3) is 0.476. The molecule has 2 aliphatic rings. The van der Waals surface area contributed by atoms with E-state index >= 15 is 0 Å². The first kappa shape index (κ1) is 20.9. The highest BCUT2D eigenvalue weighted by molar-refractivity contribution is 5.78. The third-order valence-corrected chi connectivity index (χ3v) is 4.89. The van der Waals surface area contributed by atoms with Crippen molar-refractivity contribution in [2.45, 2.75) is 59.0 Å². The quantitative estimate of drug-likeness (QED) is 0.425. The Balaban J connectivity index is 2.20. The van der Waals surface area contributed by atoms with Crippen molar-refractivity contribution in [3.05, 3.63) is 30.0 Å². The second kappa shape index (κ2) is 8.65. The number of nitrogens with one attached hydrogen (secondary N) is 2. The maximum Gasteiger partial charge on any atom is 0.205 e. The number of rotatable bonds is 8. The number of aliphatic hydroxyl groups is 1. The molecule has 0 radical (unpaired) electrons. The Kier molecular flexibility index (Phi) is 6.22. The van der Waals surface area contributed by atoms with Gasteiger partial charge in [0.2, 0.25) is 5.95 Å². The fourth-order valence-electron chi connectivity index (χ4n) is 3.33. The molecule has 3 rings (SSSR count). The van der Waals surface area contributed by atoms with Gasteiger partial charge in [0.15, 0.2) is 11.5 Å². The Morgan fingerprint density at radius 3 is 2.52 bits per heavy atom. The standard InChI is InChI=1S/C21H31N7O/c1-6-15(11-29)24-21-25-20(23-16-9-7-8-14(22)10-16)18-19(28(21)13(4)5)17(12(2)3)26-27-18/h7-10,12-13,15,23,29H,6,11,22H2,1-5H3,(H,24,25). The van der Waals surface area contributed by atoms with E-state index in [1.165, 1.54) is 0 Å². The average Bonchev–Trinajstić information content (AvgIpc) is 3.11. The monoisotopic (exact) mass is 397 g/mol. The van der Waals surface area contributed by atoms with Crippen LogP contribution in [0.2, 0.25) is 0 Å². The summed E-state index contributed by atoms with van der Waals surface area (Å²) in [6.45, 7) is 10.5. The van der Waals surface area contributed by atoms with Crippen molar-refractivity contribution < 1.29 is 5.11 Å². The van der Waals surface area contributed by atoms with Crippen LogP contribution in [0.4, 0.5) is 23.1 Å². The number of anilines is 4. The van der Waals surface area contributed by atoms with Crippen LogP contribution in [-0.2, 0) is 0 Å². The molecule has 0 aromatic heterocycles.